The highest BCUT2D eigenvalue weighted by molar-refractivity contribution is 5.92. The molecule has 1 atom stereocenters. The maximum atomic E-state index is 12.2. The van der Waals surface area contributed by atoms with E-state index >= 15 is 0 Å². The van der Waals surface area contributed by atoms with Gasteiger partial charge in [-0.3, -0.25) is 4.79 Å². The van der Waals surface area contributed by atoms with Crippen molar-refractivity contribution in [2.24, 2.45) is 0 Å². The molecule has 1 amide bonds. The minimum atomic E-state index is -0.0606. The number of rotatable bonds is 4. The van der Waals surface area contributed by atoms with Crippen molar-refractivity contribution in [3.05, 3.63) is 71.3 Å². The standard InChI is InChI=1S/C20H21NO2/c1-23-17-9-4-6-15(14-17)12-13-20(22)21-19-11-5-8-16-7-2-3-10-18(16)19/h2-4,6-7,9-10,12-14,19H,5,8,11H2,1H3,(H,21,22)/b13-12+/t19-/m1/s1. The van der Waals surface area contributed by atoms with Crippen LogP contribution in [0.4, 0.5) is 0 Å². The fourth-order valence-electron chi connectivity index (χ4n) is 3.04. The molecule has 2 aromatic carbocycles. The maximum absolute atomic E-state index is 12.2. The molecule has 23 heavy (non-hydrogen) atoms. The van der Waals surface area contributed by atoms with Crippen LogP contribution in [0.25, 0.3) is 6.08 Å². The molecular formula is C20H21NO2. The molecule has 0 aliphatic heterocycles. The molecule has 3 heteroatoms. The van der Waals surface area contributed by atoms with Gasteiger partial charge in [0.15, 0.2) is 0 Å². The lowest BCUT2D eigenvalue weighted by atomic mass is 9.88. The van der Waals surface area contributed by atoms with E-state index in [0.717, 1.165) is 30.6 Å². The third-order valence-electron chi connectivity index (χ3n) is 4.21. The van der Waals surface area contributed by atoms with E-state index in [4.69, 9.17) is 4.74 Å². The first kappa shape index (κ1) is 15.3. The fourth-order valence-corrected chi connectivity index (χ4v) is 3.04. The zero-order valence-electron chi connectivity index (χ0n) is 13.3. The van der Waals surface area contributed by atoms with Crippen molar-refractivity contribution in [3.63, 3.8) is 0 Å². The van der Waals surface area contributed by atoms with Gasteiger partial charge in [-0.05, 0) is 54.2 Å². The molecule has 0 radical (unpaired) electrons. The Balaban J connectivity index is 1.67. The maximum Gasteiger partial charge on any atom is 0.244 e. The number of amides is 1. The Morgan fingerprint density at radius 3 is 2.96 bits per heavy atom. The van der Waals surface area contributed by atoms with Crippen LogP contribution in [0.3, 0.4) is 0 Å². The summed E-state index contributed by atoms with van der Waals surface area (Å²) >= 11 is 0. The third-order valence-corrected chi connectivity index (χ3v) is 4.21. The Morgan fingerprint density at radius 1 is 1.22 bits per heavy atom. The number of nitrogens with one attached hydrogen (secondary N) is 1. The van der Waals surface area contributed by atoms with E-state index in [9.17, 15) is 4.79 Å². The average Bonchev–Trinajstić information content (AvgIpc) is 2.60. The van der Waals surface area contributed by atoms with Crippen molar-refractivity contribution < 1.29 is 9.53 Å². The number of hydrogen-bond acceptors (Lipinski definition) is 2. The first-order valence-electron chi connectivity index (χ1n) is 7.97. The number of ether oxygens (including phenoxy) is 1. The Morgan fingerprint density at radius 2 is 2.09 bits per heavy atom. The van der Waals surface area contributed by atoms with Gasteiger partial charge < -0.3 is 10.1 Å². The van der Waals surface area contributed by atoms with Crippen molar-refractivity contribution in [2.75, 3.05) is 7.11 Å². The van der Waals surface area contributed by atoms with Gasteiger partial charge in [0, 0.05) is 6.08 Å². The molecule has 2 aromatic rings. The molecule has 0 aromatic heterocycles. The number of methoxy groups -OCH3 is 1. The van der Waals surface area contributed by atoms with Crippen molar-refractivity contribution in [2.45, 2.75) is 25.3 Å². The van der Waals surface area contributed by atoms with Gasteiger partial charge in [-0.15, -0.1) is 0 Å². The van der Waals surface area contributed by atoms with Crippen LogP contribution >= 0.6 is 0 Å². The summed E-state index contributed by atoms with van der Waals surface area (Å²) < 4.78 is 5.19. The number of carbonyl (C=O) groups excluding carboxylic acids is 1. The van der Waals surface area contributed by atoms with Crippen molar-refractivity contribution >= 4 is 12.0 Å². The minimum Gasteiger partial charge on any atom is -0.497 e. The fraction of sp³-hybridized carbons (Fsp3) is 0.250. The smallest absolute Gasteiger partial charge is 0.244 e. The molecule has 0 spiro atoms. The summed E-state index contributed by atoms with van der Waals surface area (Å²) in [6, 6.07) is 16.1. The summed E-state index contributed by atoms with van der Waals surface area (Å²) in [6.45, 7) is 0. The van der Waals surface area contributed by atoms with Crippen molar-refractivity contribution in [3.8, 4) is 5.75 Å². The zero-order chi connectivity index (χ0) is 16.1. The first-order valence-corrected chi connectivity index (χ1v) is 7.97. The second-order valence-electron chi connectivity index (χ2n) is 5.76. The van der Waals surface area contributed by atoms with Crippen LogP contribution in [-0.2, 0) is 11.2 Å². The molecule has 0 unspecified atom stereocenters. The quantitative estimate of drug-likeness (QED) is 0.870. The van der Waals surface area contributed by atoms with Gasteiger partial charge in [0.2, 0.25) is 5.91 Å². The zero-order valence-corrected chi connectivity index (χ0v) is 13.3. The Bertz CT molecular complexity index is 721. The lowest BCUT2D eigenvalue weighted by Gasteiger charge is -2.25. The highest BCUT2D eigenvalue weighted by Gasteiger charge is 2.20. The van der Waals surface area contributed by atoms with Gasteiger partial charge in [0.25, 0.3) is 0 Å². The van der Waals surface area contributed by atoms with Crippen molar-refractivity contribution in [1.82, 2.24) is 5.32 Å². The van der Waals surface area contributed by atoms with Gasteiger partial charge in [0.05, 0.1) is 13.2 Å². The van der Waals surface area contributed by atoms with Crippen LogP contribution in [-0.4, -0.2) is 13.0 Å². The second kappa shape index (κ2) is 7.14. The molecule has 0 saturated carbocycles. The Hall–Kier alpha value is -2.55. The highest BCUT2D eigenvalue weighted by atomic mass is 16.5. The monoisotopic (exact) mass is 307 g/mol. The lowest BCUT2D eigenvalue weighted by Crippen LogP contribution is -2.29. The van der Waals surface area contributed by atoms with E-state index in [1.165, 1.54) is 11.1 Å². The van der Waals surface area contributed by atoms with Crippen LogP contribution in [0.1, 0.15) is 35.6 Å². The SMILES string of the molecule is COc1cccc(/C=C/C(=O)N[C@@H]2CCCc3ccccc32)c1. The Kier molecular flexibility index (Phi) is 4.77. The van der Waals surface area contributed by atoms with E-state index in [0.29, 0.717) is 0 Å². The first-order chi connectivity index (χ1) is 11.3. The number of hydrogen-bond donors (Lipinski definition) is 1. The molecule has 0 saturated heterocycles. The summed E-state index contributed by atoms with van der Waals surface area (Å²) in [6.07, 6.45) is 6.61. The summed E-state index contributed by atoms with van der Waals surface area (Å²) in [7, 11) is 1.63. The van der Waals surface area contributed by atoms with E-state index < -0.39 is 0 Å². The molecule has 0 bridgehead atoms. The van der Waals surface area contributed by atoms with Crippen LogP contribution in [0, 0.1) is 0 Å². The second-order valence-corrected chi connectivity index (χ2v) is 5.76. The lowest BCUT2D eigenvalue weighted by molar-refractivity contribution is -0.117. The molecule has 3 rings (SSSR count). The summed E-state index contributed by atoms with van der Waals surface area (Å²) in [4.78, 5) is 12.2. The largest absolute Gasteiger partial charge is 0.497 e. The van der Waals surface area contributed by atoms with Gasteiger partial charge in [0.1, 0.15) is 5.75 Å². The van der Waals surface area contributed by atoms with Gasteiger partial charge >= 0.3 is 0 Å². The summed E-state index contributed by atoms with van der Waals surface area (Å²) in [5, 5.41) is 3.12. The van der Waals surface area contributed by atoms with Gasteiger partial charge in [-0.1, -0.05) is 36.4 Å². The molecule has 1 aliphatic carbocycles. The van der Waals surface area contributed by atoms with Crippen molar-refractivity contribution in [1.29, 1.82) is 0 Å². The minimum absolute atomic E-state index is 0.0606. The predicted molar refractivity (Wildman–Crippen MR) is 92.3 cm³/mol. The predicted octanol–water partition coefficient (Wildman–Crippen LogP) is 3.90. The highest BCUT2D eigenvalue weighted by Crippen LogP contribution is 2.29. The van der Waals surface area contributed by atoms with E-state index in [1.807, 2.05) is 36.4 Å². The normalized spacial score (nSPS) is 16.8. The third kappa shape index (κ3) is 3.81. The van der Waals surface area contributed by atoms with E-state index in [1.54, 1.807) is 13.2 Å². The Labute approximate surface area is 137 Å². The van der Waals surface area contributed by atoms with Crippen LogP contribution in [0.5, 0.6) is 5.75 Å². The average molecular weight is 307 g/mol. The molecular weight excluding hydrogens is 286 g/mol. The van der Waals surface area contributed by atoms with E-state index in [-0.39, 0.29) is 11.9 Å². The van der Waals surface area contributed by atoms with E-state index in [2.05, 4.69) is 23.5 Å². The molecule has 3 nitrogen and oxygen atoms in total. The molecule has 1 aliphatic rings. The number of benzene rings is 2. The number of fused-ring (bicyclic) bond motifs is 1. The molecule has 118 valence electrons. The molecule has 1 N–H and O–H groups in total. The summed E-state index contributed by atoms with van der Waals surface area (Å²) in [5.41, 5.74) is 3.55. The molecule has 0 fully saturated rings. The summed E-state index contributed by atoms with van der Waals surface area (Å²) in [5.74, 6) is 0.725. The van der Waals surface area contributed by atoms with Crippen LogP contribution in [0.2, 0.25) is 0 Å². The number of aryl methyl sites for hydroxylation is 1. The van der Waals surface area contributed by atoms with Crippen LogP contribution in [0.15, 0.2) is 54.6 Å². The number of carbonyl (C=O) groups is 1. The van der Waals surface area contributed by atoms with Gasteiger partial charge in [-0.2, -0.15) is 0 Å². The topological polar surface area (TPSA) is 38.3 Å². The molecule has 0 heterocycles. The van der Waals surface area contributed by atoms with Crippen LogP contribution < -0.4 is 10.1 Å². The van der Waals surface area contributed by atoms with Gasteiger partial charge in [-0.25, -0.2) is 0 Å².